The monoisotopic (exact) mass is 280 g/mol. The molecule has 19 heavy (non-hydrogen) atoms. The molecule has 1 aromatic heterocycles. The molecular formula is C15H24N2OS. The number of carbonyl (C=O) groups excluding carboxylic acids is 1. The maximum absolute atomic E-state index is 11.8. The van der Waals surface area contributed by atoms with Crippen LogP contribution in [0.15, 0.2) is 16.8 Å². The van der Waals surface area contributed by atoms with Crippen LogP contribution >= 0.6 is 11.3 Å². The Kier molecular flexibility index (Phi) is 5.40. The highest BCUT2D eigenvalue weighted by atomic mass is 32.1. The fourth-order valence-corrected chi connectivity index (χ4v) is 3.48. The van der Waals surface area contributed by atoms with Crippen LogP contribution in [0.2, 0.25) is 0 Å². The van der Waals surface area contributed by atoms with Gasteiger partial charge in [-0.2, -0.15) is 11.3 Å². The van der Waals surface area contributed by atoms with Gasteiger partial charge in [-0.3, -0.25) is 4.79 Å². The van der Waals surface area contributed by atoms with Crippen molar-refractivity contribution in [2.24, 2.45) is 5.92 Å². The lowest BCUT2D eigenvalue weighted by molar-refractivity contribution is -0.133. The van der Waals surface area contributed by atoms with Gasteiger partial charge < -0.3 is 10.2 Å². The van der Waals surface area contributed by atoms with Crippen molar-refractivity contribution in [3.8, 4) is 0 Å². The van der Waals surface area contributed by atoms with Gasteiger partial charge in [0.1, 0.15) is 0 Å². The van der Waals surface area contributed by atoms with Crippen molar-refractivity contribution in [3.63, 3.8) is 0 Å². The number of amides is 1. The summed E-state index contributed by atoms with van der Waals surface area (Å²) in [5.41, 5.74) is 1.37. The molecule has 2 heterocycles. The van der Waals surface area contributed by atoms with Crippen molar-refractivity contribution < 1.29 is 4.79 Å². The Labute approximate surface area is 120 Å². The molecule has 1 saturated heterocycles. The zero-order chi connectivity index (χ0) is 13.7. The van der Waals surface area contributed by atoms with Crippen LogP contribution in [-0.4, -0.2) is 29.9 Å². The van der Waals surface area contributed by atoms with E-state index in [9.17, 15) is 4.79 Å². The summed E-state index contributed by atoms with van der Waals surface area (Å²) in [7, 11) is 0. The van der Waals surface area contributed by atoms with Crippen LogP contribution in [0.25, 0.3) is 0 Å². The Bertz CT molecular complexity index is 391. The lowest BCUT2D eigenvalue weighted by atomic mass is 9.89. The standard InChI is InChI=1S/C15H24N2OS/c1-3-13-10-17(15(18)4-2)7-5-14(13)16-9-12-6-8-19-11-12/h6,8,11,13-14,16H,3-5,7,9-10H2,1-2H3/t13-,14+/m0/s1. The molecule has 2 atom stereocenters. The first-order valence-corrected chi connectivity index (χ1v) is 8.21. The Hall–Kier alpha value is -0.870. The average molecular weight is 280 g/mol. The van der Waals surface area contributed by atoms with Crippen LogP contribution in [0.4, 0.5) is 0 Å². The van der Waals surface area contributed by atoms with E-state index in [0.29, 0.717) is 24.3 Å². The van der Waals surface area contributed by atoms with Gasteiger partial charge in [0.2, 0.25) is 5.91 Å². The fraction of sp³-hybridized carbons (Fsp3) is 0.667. The van der Waals surface area contributed by atoms with Gasteiger partial charge in [-0.1, -0.05) is 20.3 Å². The molecule has 1 amide bonds. The quantitative estimate of drug-likeness (QED) is 0.899. The van der Waals surface area contributed by atoms with E-state index >= 15 is 0 Å². The Morgan fingerprint density at radius 3 is 3.00 bits per heavy atom. The Morgan fingerprint density at radius 1 is 1.53 bits per heavy atom. The van der Waals surface area contributed by atoms with E-state index < -0.39 is 0 Å². The third-order valence-electron chi connectivity index (χ3n) is 4.06. The van der Waals surface area contributed by atoms with Crippen LogP contribution < -0.4 is 5.32 Å². The van der Waals surface area contributed by atoms with E-state index in [1.807, 2.05) is 11.8 Å². The van der Waals surface area contributed by atoms with Gasteiger partial charge in [-0.25, -0.2) is 0 Å². The second-order valence-corrected chi connectivity index (χ2v) is 6.05. The molecule has 0 aromatic carbocycles. The number of carbonyl (C=O) groups is 1. The highest BCUT2D eigenvalue weighted by Gasteiger charge is 2.29. The summed E-state index contributed by atoms with van der Waals surface area (Å²) in [5, 5.41) is 7.99. The first-order chi connectivity index (χ1) is 9.24. The maximum Gasteiger partial charge on any atom is 0.222 e. The number of piperidine rings is 1. The number of rotatable bonds is 5. The van der Waals surface area contributed by atoms with E-state index in [1.165, 1.54) is 5.56 Å². The third kappa shape index (κ3) is 3.80. The van der Waals surface area contributed by atoms with Crippen molar-refractivity contribution >= 4 is 17.2 Å². The van der Waals surface area contributed by atoms with E-state index in [0.717, 1.165) is 32.5 Å². The third-order valence-corrected chi connectivity index (χ3v) is 4.79. The smallest absolute Gasteiger partial charge is 0.222 e. The highest BCUT2D eigenvalue weighted by Crippen LogP contribution is 2.21. The first-order valence-electron chi connectivity index (χ1n) is 7.26. The minimum Gasteiger partial charge on any atom is -0.342 e. The lowest BCUT2D eigenvalue weighted by Crippen LogP contribution is -2.50. The summed E-state index contributed by atoms with van der Waals surface area (Å²) in [6, 6.07) is 2.72. The molecule has 0 radical (unpaired) electrons. The number of hydrogen-bond donors (Lipinski definition) is 1. The summed E-state index contributed by atoms with van der Waals surface area (Å²) in [5.74, 6) is 0.887. The van der Waals surface area contributed by atoms with Crippen LogP contribution in [-0.2, 0) is 11.3 Å². The van der Waals surface area contributed by atoms with Gasteiger partial charge in [0.25, 0.3) is 0 Å². The molecule has 3 nitrogen and oxygen atoms in total. The minimum absolute atomic E-state index is 0.301. The summed E-state index contributed by atoms with van der Waals surface area (Å²) in [6.45, 7) is 6.95. The van der Waals surface area contributed by atoms with Crippen LogP contribution in [0.1, 0.15) is 38.7 Å². The van der Waals surface area contributed by atoms with Crippen LogP contribution in [0, 0.1) is 5.92 Å². The zero-order valence-electron chi connectivity index (χ0n) is 11.9. The normalized spacial score (nSPS) is 23.6. The number of nitrogens with zero attached hydrogens (tertiary/aromatic N) is 1. The van der Waals surface area contributed by atoms with E-state index in [-0.39, 0.29) is 0 Å². The van der Waals surface area contributed by atoms with Crippen molar-refractivity contribution in [1.29, 1.82) is 0 Å². The lowest BCUT2D eigenvalue weighted by Gasteiger charge is -2.38. The average Bonchev–Trinajstić information content (AvgIpc) is 2.97. The second kappa shape index (κ2) is 7.06. The van der Waals surface area contributed by atoms with Crippen LogP contribution in [0.5, 0.6) is 0 Å². The fourth-order valence-electron chi connectivity index (χ4n) is 2.81. The molecule has 0 saturated carbocycles. The topological polar surface area (TPSA) is 32.3 Å². The SMILES string of the molecule is CCC(=O)N1CC[C@@H](NCc2ccsc2)[C@@H](CC)C1. The molecule has 1 aromatic rings. The van der Waals surface area contributed by atoms with Crippen molar-refractivity contribution in [3.05, 3.63) is 22.4 Å². The number of likely N-dealkylation sites (tertiary alicyclic amines) is 1. The van der Waals surface area contributed by atoms with Gasteiger partial charge in [-0.15, -0.1) is 0 Å². The molecule has 0 bridgehead atoms. The molecule has 0 unspecified atom stereocenters. The molecule has 1 N–H and O–H groups in total. The molecule has 1 aliphatic rings. The van der Waals surface area contributed by atoms with Gasteiger partial charge in [-0.05, 0) is 34.7 Å². The summed E-state index contributed by atoms with van der Waals surface area (Å²) >= 11 is 1.75. The highest BCUT2D eigenvalue weighted by molar-refractivity contribution is 7.07. The second-order valence-electron chi connectivity index (χ2n) is 5.27. The largest absolute Gasteiger partial charge is 0.342 e. The van der Waals surface area contributed by atoms with Crippen molar-refractivity contribution in [1.82, 2.24) is 10.2 Å². The van der Waals surface area contributed by atoms with Crippen LogP contribution in [0.3, 0.4) is 0 Å². The molecule has 4 heteroatoms. The van der Waals surface area contributed by atoms with E-state index in [4.69, 9.17) is 0 Å². The summed E-state index contributed by atoms with van der Waals surface area (Å²) in [4.78, 5) is 13.8. The van der Waals surface area contributed by atoms with Gasteiger partial charge in [0.15, 0.2) is 0 Å². The molecule has 106 valence electrons. The van der Waals surface area contributed by atoms with Gasteiger partial charge >= 0.3 is 0 Å². The number of hydrogen-bond acceptors (Lipinski definition) is 3. The predicted octanol–water partition coefficient (Wildman–Crippen LogP) is 2.87. The summed E-state index contributed by atoms with van der Waals surface area (Å²) in [6.07, 6.45) is 2.84. The van der Waals surface area contributed by atoms with Crippen molar-refractivity contribution in [2.45, 2.75) is 45.7 Å². The molecule has 1 aliphatic heterocycles. The molecule has 0 aliphatic carbocycles. The van der Waals surface area contributed by atoms with E-state index in [2.05, 4.69) is 29.1 Å². The first kappa shape index (κ1) is 14.5. The maximum atomic E-state index is 11.8. The number of nitrogens with one attached hydrogen (secondary N) is 1. The molecule has 1 fully saturated rings. The Morgan fingerprint density at radius 2 is 2.37 bits per heavy atom. The predicted molar refractivity (Wildman–Crippen MR) is 80.2 cm³/mol. The number of thiophene rings is 1. The molecule has 0 spiro atoms. The van der Waals surface area contributed by atoms with Gasteiger partial charge in [0, 0.05) is 32.1 Å². The zero-order valence-corrected chi connectivity index (χ0v) is 12.7. The van der Waals surface area contributed by atoms with E-state index in [1.54, 1.807) is 11.3 Å². The van der Waals surface area contributed by atoms with Gasteiger partial charge in [0.05, 0.1) is 0 Å². The molecular weight excluding hydrogens is 256 g/mol. The minimum atomic E-state index is 0.301. The summed E-state index contributed by atoms with van der Waals surface area (Å²) < 4.78 is 0. The molecule has 2 rings (SSSR count). The Balaban J connectivity index is 1.86. The van der Waals surface area contributed by atoms with Crippen molar-refractivity contribution in [2.75, 3.05) is 13.1 Å².